The van der Waals surface area contributed by atoms with Crippen LogP contribution in [-0.4, -0.2) is 16.5 Å². The Labute approximate surface area is 55.5 Å². The maximum Gasteiger partial charge on any atom is 0.0444 e. The van der Waals surface area contributed by atoms with E-state index in [4.69, 9.17) is 5.11 Å². The summed E-state index contributed by atoms with van der Waals surface area (Å²) in [5.74, 6) is 0. The zero-order valence-electron chi connectivity index (χ0n) is 4.93. The van der Waals surface area contributed by atoms with E-state index < -0.39 is 0 Å². The van der Waals surface area contributed by atoms with Gasteiger partial charge in [-0.1, -0.05) is 6.42 Å². The van der Waals surface area contributed by atoms with Gasteiger partial charge in [0.2, 0.25) is 0 Å². The van der Waals surface area contributed by atoms with Crippen LogP contribution in [0.3, 0.4) is 0 Å². The molecule has 1 aliphatic carbocycles. The van der Waals surface area contributed by atoms with Crippen LogP contribution in [0.15, 0.2) is 0 Å². The molecular weight excluding hydrogens is 120 g/mol. The molecule has 0 amide bonds. The second kappa shape index (κ2) is 2.28. The van der Waals surface area contributed by atoms with Crippen molar-refractivity contribution < 1.29 is 5.11 Å². The maximum absolute atomic E-state index is 8.52. The summed E-state index contributed by atoms with van der Waals surface area (Å²) in [7, 11) is 0. The normalized spacial score (nSPS) is 24.8. The van der Waals surface area contributed by atoms with E-state index in [1.165, 1.54) is 19.3 Å². The third-order valence-electron chi connectivity index (χ3n) is 1.86. The summed E-state index contributed by atoms with van der Waals surface area (Å²) in [6.45, 7) is 0.295. The number of hydrogen-bond donors (Lipinski definition) is 2. The SMILES string of the molecule is OCCC1(S)CCC1. The lowest BCUT2D eigenvalue weighted by Gasteiger charge is -2.36. The number of hydrogen-bond acceptors (Lipinski definition) is 2. The highest BCUT2D eigenvalue weighted by molar-refractivity contribution is 7.81. The minimum Gasteiger partial charge on any atom is -0.396 e. The Morgan fingerprint density at radius 1 is 1.50 bits per heavy atom. The fraction of sp³-hybridized carbons (Fsp3) is 1.00. The van der Waals surface area contributed by atoms with Crippen LogP contribution in [-0.2, 0) is 0 Å². The summed E-state index contributed by atoms with van der Waals surface area (Å²) in [5, 5.41) is 8.52. The topological polar surface area (TPSA) is 20.2 Å². The van der Waals surface area contributed by atoms with Crippen molar-refractivity contribution in [1.29, 1.82) is 0 Å². The predicted molar refractivity (Wildman–Crippen MR) is 37.3 cm³/mol. The van der Waals surface area contributed by atoms with Crippen LogP contribution in [0, 0.1) is 0 Å². The number of aliphatic hydroxyl groups excluding tert-OH is 1. The smallest absolute Gasteiger partial charge is 0.0444 e. The summed E-state index contributed by atoms with van der Waals surface area (Å²) in [4.78, 5) is 0. The van der Waals surface area contributed by atoms with Crippen LogP contribution in [0.25, 0.3) is 0 Å². The number of aliphatic hydroxyl groups is 1. The molecule has 0 atom stereocenters. The van der Waals surface area contributed by atoms with E-state index in [9.17, 15) is 0 Å². The molecule has 48 valence electrons. The van der Waals surface area contributed by atoms with Crippen molar-refractivity contribution in [1.82, 2.24) is 0 Å². The summed E-state index contributed by atoms with van der Waals surface area (Å²) in [6.07, 6.45) is 4.55. The van der Waals surface area contributed by atoms with Gasteiger partial charge in [0.25, 0.3) is 0 Å². The zero-order valence-corrected chi connectivity index (χ0v) is 5.82. The Hall–Kier alpha value is 0.310. The van der Waals surface area contributed by atoms with Gasteiger partial charge in [-0.15, -0.1) is 0 Å². The molecule has 0 aliphatic heterocycles. The van der Waals surface area contributed by atoms with Crippen LogP contribution in [0.5, 0.6) is 0 Å². The van der Waals surface area contributed by atoms with E-state index >= 15 is 0 Å². The fourth-order valence-corrected chi connectivity index (χ4v) is 1.46. The predicted octanol–water partition coefficient (Wildman–Crippen LogP) is 1.22. The lowest BCUT2D eigenvalue weighted by Crippen LogP contribution is -2.31. The highest BCUT2D eigenvalue weighted by Gasteiger charge is 2.31. The molecule has 0 aromatic rings. The minimum atomic E-state index is 0.217. The van der Waals surface area contributed by atoms with E-state index in [1.54, 1.807) is 0 Å². The zero-order chi connectivity index (χ0) is 6.04. The summed E-state index contributed by atoms with van der Waals surface area (Å²) in [6, 6.07) is 0. The van der Waals surface area contributed by atoms with Gasteiger partial charge in [0, 0.05) is 11.4 Å². The van der Waals surface area contributed by atoms with Crippen molar-refractivity contribution in [3.05, 3.63) is 0 Å². The Bertz CT molecular complexity index is 78.6. The first kappa shape index (κ1) is 6.43. The second-order valence-electron chi connectivity index (χ2n) is 2.55. The molecule has 0 radical (unpaired) electrons. The maximum atomic E-state index is 8.52. The standard InChI is InChI=1S/C6H12OS/c7-5-4-6(8)2-1-3-6/h7-8H,1-5H2. The van der Waals surface area contributed by atoms with Crippen molar-refractivity contribution >= 4 is 12.6 Å². The van der Waals surface area contributed by atoms with Crippen molar-refractivity contribution in [3.63, 3.8) is 0 Å². The lowest BCUT2D eigenvalue weighted by atomic mass is 9.82. The molecule has 8 heavy (non-hydrogen) atoms. The minimum absolute atomic E-state index is 0.217. The molecule has 0 saturated heterocycles. The van der Waals surface area contributed by atoms with Gasteiger partial charge in [0.05, 0.1) is 0 Å². The van der Waals surface area contributed by atoms with Gasteiger partial charge >= 0.3 is 0 Å². The highest BCUT2D eigenvalue weighted by Crippen LogP contribution is 2.40. The van der Waals surface area contributed by atoms with Crippen molar-refractivity contribution in [2.75, 3.05) is 6.61 Å². The first-order chi connectivity index (χ1) is 3.77. The van der Waals surface area contributed by atoms with E-state index in [0.29, 0.717) is 6.61 Å². The van der Waals surface area contributed by atoms with E-state index in [2.05, 4.69) is 12.6 Å². The van der Waals surface area contributed by atoms with Crippen LogP contribution in [0.4, 0.5) is 0 Å². The first-order valence-electron chi connectivity index (χ1n) is 3.10. The molecule has 0 bridgehead atoms. The molecule has 0 unspecified atom stereocenters. The summed E-state index contributed by atoms with van der Waals surface area (Å²) < 4.78 is 0.217. The third-order valence-corrected chi connectivity index (χ3v) is 2.53. The Kier molecular flexibility index (Phi) is 1.83. The van der Waals surface area contributed by atoms with Crippen LogP contribution >= 0.6 is 12.6 Å². The van der Waals surface area contributed by atoms with E-state index in [1.807, 2.05) is 0 Å². The van der Waals surface area contributed by atoms with Gasteiger partial charge in [-0.2, -0.15) is 12.6 Å². The highest BCUT2D eigenvalue weighted by atomic mass is 32.1. The molecule has 1 fully saturated rings. The van der Waals surface area contributed by atoms with Gasteiger partial charge in [0.15, 0.2) is 0 Å². The molecule has 1 saturated carbocycles. The molecule has 1 N–H and O–H groups in total. The Morgan fingerprint density at radius 2 is 2.12 bits per heavy atom. The number of thiol groups is 1. The quantitative estimate of drug-likeness (QED) is 0.541. The van der Waals surface area contributed by atoms with Gasteiger partial charge < -0.3 is 5.11 Å². The van der Waals surface area contributed by atoms with Gasteiger partial charge in [-0.25, -0.2) is 0 Å². The van der Waals surface area contributed by atoms with Crippen molar-refractivity contribution in [2.45, 2.75) is 30.4 Å². The lowest BCUT2D eigenvalue weighted by molar-refractivity contribution is 0.232. The Balaban J connectivity index is 2.20. The molecular formula is C6H12OS. The van der Waals surface area contributed by atoms with Crippen molar-refractivity contribution in [2.24, 2.45) is 0 Å². The molecule has 1 rings (SSSR count). The molecule has 0 aromatic heterocycles. The second-order valence-corrected chi connectivity index (χ2v) is 3.50. The fourth-order valence-electron chi connectivity index (χ4n) is 1.04. The summed E-state index contributed by atoms with van der Waals surface area (Å²) >= 11 is 4.39. The van der Waals surface area contributed by atoms with Crippen LogP contribution in [0.1, 0.15) is 25.7 Å². The van der Waals surface area contributed by atoms with Crippen LogP contribution < -0.4 is 0 Å². The molecule has 1 aliphatic rings. The Morgan fingerprint density at radius 3 is 2.25 bits per heavy atom. The van der Waals surface area contributed by atoms with Gasteiger partial charge in [0.1, 0.15) is 0 Å². The summed E-state index contributed by atoms with van der Waals surface area (Å²) in [5.41, 5.74) is 0. The van der Waals surface area contributed by atoms with Crippen molar-refractivity contribution in [3.8, 4) is 0 Å². The van der Waals surface area contributed by atoms with Gasteiger partial charge in [-0.3, -0.25) is 0 Å². The molecule has 1 nitrogen and oxygen atoms in total. The molecule has 2 heteroatoms. The number of rotatable bonds is 2. The van der Waals surface area contributed by atoms with E-state index in [-0.39, 0.29) is 4.75 Å². The molecule has 0 spiro atoms. The monoisotopic (exact) mass is 132 g/mol. The first-order valence-corrected chi connectivity index (χ1v) is 3.55. The largest absolute Gasteiger partial charge is 0.396 e. The average molecular weight is 132 g/mol. The average Bonchev–Trinajstić information content (AvgIpc) is 1.64. The van der Waals surface area contributed by atoms with E-state index in [0.717, 1.165) is 6.42 Å². The van der Waals surface area contributed by atoms with Gasteiger partial charge in [-0.05, 0) is 19.3 Å². The molecule has 0 heterocycles. The third kappa shape index (κ3) is 1.17. The van der Waals surface area contributed by atoms with Crippen LogP contribution in [0.2, 0.25) is 0 Å². The molecule has 0 aromatic carbocycles.